The number of ether oxygens (including phenoxy) is 1. The zero-order valence-electron chi connectivity index (χ0n) is 43.9. The normalized spacial score (nSPS) is 13.0. The second-order valence-electron chi connectivity index (χ2n) is 19.6. The predicted octanol–water partition coefficient (Wildman–Crippen LogP) is 17.8. The Labute approximate surface area is 410 Å². The summed E-state index contributed by atoms with van der Waals surface area (Å²) in [4.78, 5) is 24.5. The van der Waals surface area contributed by atoms with Crippen molar-refractivity contribution in [2.45, 2.75) is 309 Å². The van der Waals surface area contributed by atoms with Crippen LogP contribution in [0.15, 0.2) is 48.6 Å². The van der Waals surface area contributed by atoms with E-state index >= 15 is 0 Å². The number of aliphatic hydroxyl groups excluding tert-OH is 2. The Kier molecular flexibility index (Phi) is 53.6. The molecule has 0 aliphatic heterocycles. The van der Waals surface area contributed by atoms with Gasteiger partial charge in [-0.25, -0.2) is 0 Å². The summed E-state index contributed by atoms with van der Waals surface area (Å²) < 4.78 is 5.44. The molecule has 0 fully saturated rings. The van der Waals surface area contributed by atoms with Crippen LogP contribution >= 0.6 is 0 Å². The molecule has 0 bridgehead atoms. The van der Waals surface area contributed by atoms with Gasteiger partial charge in [0.2, 0.25) is 5.91 Å². The fraction of sp³-hybridized carbons (Fsp3) is 0.833. The minimum Gasteiger partial charge on any atom is -0.466 e. The third-order valence-electron chi connectivity index (χ3n) is 13.1. The lowest BCUT2D eigenvalue weighted by Crippen LogP contribution is -2.45. The van der Waals surface area contributed by atoms with Gasteiger partial charge in [-0.1, -0.05) is 249 Å². The molecule has 0 radical (unpaired) electrons. The minimum absolute atomic E-state index is 0.0283. The third kappa shape index (κ3) is 51.2. The lowest BCUT2D eigenvalue weighted by Gasteiger charge is -2.22. The monoisotopic (exact) mass is 926 g/mol. The Bertz CT molecular complexity index is 1110. The number of rotatable bonds is 53. The highest BCUT2D eigenvalue weighted by Crippen LogP contribution is 2.17. The number of amides is 1. The highest BCUT2D eigenvalue weighted by Gasteiger charge is 2.20. The van der Waals surface area contributed by atoms with Crippen molar-refractivity contribution in [3.63, 3.8) is 0 Å². The van der Waals surface area contributed by atoms with Crippen LogP contribution in [0, 0.1) is 0 Å². The SMILES string of the molecule is CCCC/C=C\C/C=C\CCCCCCCC(=O)OCCCCC/C=C\C=C/CCCCCCCCCCCCC(=O)NC(CO)C(O)CCCCCCCCCCCCCCCCCC. The van der Waals surface area contributed by atoms with Crippen LogP contribution in [0.4, 0.5) is 0 Å². The summed E-state index contributed by atoms with van der Waals surface area (Å²) in [6.07, 6.45) is 69.5. The molecule has 2 unspecified atom stereocenters. The van der Waals surface area contributed by atoms with Crippen LogP contribution in [-0.4, -0.2) is 47.4 Å². The van der Waals surface area contributed by atoms with Crippen LogP contribution in [0.25, 0.3) is 0 Å². The van der Waals surface area contributed by atoms with E-state index in [2.05, 4.69) is 67.8 Å². The van der Waals surface area contributed by atoms with Crippen molar-refractivity contribution < 1.29 is 24.5 Å². The molecule has 0 aromatic carbocycles. The average Bonchev–Trinajstić information content (AvgIpc) is 3.32. The molecule has 386 valence electrons. The van der Waals surface area contributed by atoms with Gasteiger partial charge < -0.3 is 20.3 Å². The van der Waals surface area contributed by atoms with E-state index < -0.39 is 12.1 Å². The fourth-order valence-electron chi connectivity index (χ4n) is 8.65. The second-order valence-corrected chi connectivity index (χ2v) is 19.6. The first-order valence-corrected chi connectivity index (χ1v) is 28.9. The van der Waals surface area contributed by atoms with Crippen molar-refractivity contribution in [2.24, 2.45) is 0 Å². The Morgan fingerprint density at radius 3 is 1.29 bits per heavy atom. The Morgan fingerprint density at radius 1 is 0.439 bits per heavy atom. The van der Waals surface area contributed by atoms with E-state index in [1.54, 1.807) is 0 Å². The molecular weight excluding hydrogens is 815 g/mol. The van der Waals surface area contributed by atoms with E-state index in [1.165, 1.54) is 180 Å². The standard InChI is InChI=1S/C60H111NO5/c1-3-5-7-9-11-13-15-17-19-25-28-32-36-40-44-48-52-58(63)57(56-62)61-59(64)53-49-45-41-37-33-29-26-23-21-20-22-24-27-31-35-39-43-47-51-55-66-60(65)54-50-46-42-38-34-30-18-16-14-12-10-8-6-4-2/h10,12,16,18,24,27,31,35,57-58,62-63H,3-9,11,13-15,17,19-23,25-26,28-30,32-34,36-56H2,1-2H3,(H,61,64)/b12-10-,18-16-,27-24-,35-31-. The summed E-state index contributed by atoms with van der Waals surface area (Å²) in [5.41, 5.74) is 0. The van der Waals surface area contributed by atoms with Crippen molar-refractivity contribution in [1.29, 1.82) is 0 Å². The van der Waals surface area contributed by atoms with Crippen LogP contribution < -0.4 is 5.32 Å². The van der Waals surface area contributed by atoms with Crippen molar-refractivity contribution in [3.8, 4) is 0 Å². The maximum absolute atomic E-state index is 12.5. The molecule has 66 heavy (non-hydrogen) atoms. The van der Waals surface area contributed by atoms with Gasteiger partial charge >= 0.3 is 5.97 Å². The van der Waals surface area contributed by atoms with Gasteiger partial charge in [0, 0.05) is 12.8 Å². The number of carbonyl (C=O) groups excluding carboxylic acids is 2. The second kappa shape index (κ2) is 55.4. The van der Waals surface area contributed by atoms with Crippen LogP contribution in [0.1, 0.15) is 296 Å². The zero-order chi connectivity index (χ0) is 47.9. The molecule has 0 spiro atoms. The molecule has 0 heterocycles. The number of aliphatic hydroxyl groups is 2. The number of allylic oxidation sites excluding steroid dienone is 8. The van der Waals surface area contributed by atoms with Crippen molar-refractivity contribution in [1.82, 2.24) is 5.32 Å². The van der Waals surface area contributed by atoms with Gasteiger partial charge in [-0.3, -0.25) is 9.59 Å². The molecule has 0 aliphatic rings. The lowest BCUT2D eigenvalue weighted by molar-refractivity contribution is -0.143. The number of hydrogen-bond donors (Lipinski definition) is 3. The Hall–Kier alpha value is -2.18. The summed E-state index contributed by atoms with van der Waals surface area (Å²) in [5.74, 6) is -0.0730. The summed E-state index contributed by atoms with van der Waals surface area (Å²) in [5, 5.41) is 23.3. The van der Waals surface area contributed by atoms with Crippen molar-refractivity contribution in [3.05, 3.63) is 48.6 Å². The summed E-state index contributed by atoms with van der Waals surface area (Å²) in [6, 6.07) is -0.550. The van der Waals surface area contributed by atoms with Crippen LogP contribution in [-0.2, 0) is 14.3 Å². The molecule has 0 aliphatic carbocycles. The van der Waals surface area contributed by atoms with E-state index in [0.717, 1.165) is 83.5 Å². The van der Waals surface area contributed by atoms with E-state index in [4.69, 9.17) is 4.74 Å². The first-order valence-electron chi connectivity index (χ1n) is 28.9. The highest BCUT2D eigenvalue weighted by molar-refractivity contribution is 5.76. The first kappa shape index (κ1) is 63.8. The molecule has 2 atom stereocenters. The number of carbonyl (C=O) groups is 2. The molecule has 0 rings (SSSR count). The van der Waals surface area contributed by atoms with Gasteiger partial charge in [-0.15, -0.1) is 0 Å². The van der Waals surface area contributed by atoms with Gasteiger partial charge in [0.05, 0.1) is 25.4 Å². The van der Waals surface area contributed by atoms with E-state index in [9.17, 15) is 19.8 Å². The molecule has 1 amide bonds. The maximum atomic E-state index is 12.5. The summed E-state index contributed by atoms with van der Waals surface area (Å²) >= 11 is 0. The zero-order valence-corrected chi connectivity index (χ0v) is 43.9. The quantitative estimate of drug-likeness (QED) is 0.0244. The molecule has 0 saturated carbocycles. The van der Waals surface area contributed by atoms with Crippen molar-refractivity contribution >= 4 is 11.9 Å². The molecule has 3 N–H and O–H groups in total. The number of nitrogens with one attached hydrogen (secondary N) is 1. The van der Waals surface area contributed by atoms with E-state index in [0.29, 0.717) is 25.9 Å². The minimum atomic E-state index is -0.672. The number of unbranched alkanes of at least 4 members (excludes halogenated alkanes) is 35. The van der Waals surface area contributed by atoms with E-state index in [1.807, 2.05) is 0 Å². The molecule has 6 nitrogen and oxygen atoms in total. The molecule has 0 aromatic heterocycles. The Balaban J connectivity index is 3.49. The average molecular weight is 927 g/mol. The maximum Gasteiger partial charge on any atom is 0.305 e. The third-order valence-corrected chi connectivity index (χ3v) is 13.1. The van der Waals surface area contributed by atoms with Crippen molar-refractivity contribution in [2.75, 3.05) is 13.2 Å². The lowest BCUT2D eigenvalue weighted by atomic mass is 10.0. The fourth-order valence-corrected chi connectivity index (χ4v) is 8.65. The number of hydrogen-bond acceptors (Lipinski definition) is 5. The van der Waals surface area contributed by atoms with Gasteiger partial charge in [0.15, 0.2) is 0 Å². The van der Waals surface area contributed by atoms with Crippen LogP contribution in [0.5, 0.6) is 0 Å². The first-order chi connectivity index (χ1) is 32.5. The van der Waals surface area contributed by atoms with Gasteiger partial charge in [0.25, 0.3) is 0 Å². The molecule has 0 aromatic rings. The van der Waals surface area contributed by atoms with Gasteiger partial charge in [-0.2, -0.15) is 0 Å². The Morgan fingerprint density at radius 2 is 0.818 bits per heavy atom. The highest BCUT2D eigenvalue weighted by atomic mass is 16.5. The summed E-state index contributed by atoms with van der Waals surface area (Å²) in [6.45, 7) is 4.87. The van der Waals surface area contributed by atoms with Crippen LogP contribution in [0.2, 0.25) is 0 Å². The topological polar surface area (TPSA) is 95.9 Å². The number of esters is 1. The van der Waals surface area contributed by atoms with Crippen LogP contribution in [0.3, 0.4) is 0 Å². The molecule has 0 saturated heterocycles. The summed E-state index contributed by atoms with van der Waals surface area (Å²) in [7, 11) is 0. The van der Waals surface area contributed by atoms with Gasteiger partial charge in [0.1, 0.15) is 0 Å². The smallest absolute Gasteiger partial charge is 0.305 e. The molecular formula is C60H111NO5. The largest absolute Gasteiger partial charge is 0.466 e. The predicted molar refractivity (Wildman–Crippen MR) is 287 cm³/mol. The van der Waals surface area contributed by atoms with E-state index in [-0.39, 0.29) is 18.5 Å². The van der Waals surface area contributed by atoms with Gasteiger partial charge in [-0.05, 0) is 83.5 Å². The molecule has 6 heteroatoms.